The normalized spacial score (nSPS) is 11.0. The Balaban J connectivity index is 2.08. The Morgan fingerprint density at radius 3 is 2.46 bits per heavy atom. The number of nitro benzene ring substituents is 1. The summed E-state index contributed by atoms with van der Waals surface area (Å²) < 4.78 is 0. The van der Waals surface area contributed by atoms with Crippen LogP contribution in [-0.2, 0) is 0 Å². The minimum atomic E-state index is -0.499. The predicted molar refractivity (Wildman–Crippen MR) is 96.9 cm³/mol. The molecule has 0 N–H and O–H groups in total. The van der Waals surface area contributed by atoms with Crippen LogP contribution in [0.15, 0.2) is 52.7 Å². The summed E-state index contributed by atoms with van der Waals surface area (Å²) in [5, 5.41) is 19.1. The Bertz CT molecular complexity index is 732. The van der Waals surface area contributed by atoms with Gasteiger partial charge in [0.25, 0.3) is 5.69 Å². The van der Waals surface area contributed by atoms with Crippen molar-refractivity contribution in [2.75, 3.05) is 18.5 Å². The number of nitrogens with zero attached hydrogens (tertiary/aromatic N) is 4. The van der Waals surface area contributed by atoms with Gasteiger partial charge in [-0.05, 0) is 36.8 Å². The third kappa shape index (κ3) is 4.76. The zero-order valence-electron chi connectivity index (χ0n) is 13.6. The number of azo groups is 1. The van der Waals surface area contributed by atoms with E-state index in [1.54, 1.807) is 0 Å². The van der Waals surface area contributed by atoms with E-state index < -0.39 is 4.92 Å². The highest BCUT2D eigenvalue weighted by Gasteiger charge is 2.09. The molecule has 0 aliphatic heterocycles. The van der Waals surface area contributed by atoms with Gasteiger partial charge in [0.05, 0.1) is 15.6 Å². The average molecular weight is 347 g/mol. The van der Waals surface area contributed by atoms with Crippen LogP contribution < -0.4 is 4.90 Å². The molecule has 0 saturated heterocycles. The lowest BCUT2D eigenvalue weighted by molar-refractivity contribution is -0.384. The van der Waals surface area contributed by atoms with Crippen LogP contribution in [0.1, 0.15) is 19.8 Å². The van der Waals surface area contributed by atoms with E-state index in [4.69, 9.17) is 11.6 Å². The maximum Gasteiger partial charge on any atom is 0.271 e. The number of halogens is 1. The van der Waals surface area contributed by atoms with Gasteiger partial charge in [0, 0.05) is 31.4 Å². The van der Waals surface area contributed by atoms with Gasteiger partial charge in [0.1, 0.15) is 5.69 Å². The zero-order chi connectivity index (χ0) is 17.5. The predicted octanol–water partition coefficient (Wildman–Crippen LogP) is 5.90. The van der Waals surface area contributed by atoms with Gasteiger partial charge in [-0.1, -0.05) is 24.9 Å². The van der Waals surface area contributed by atoms with Gasteiger partial charge in [0.2, 0.25) is 0 Å². The average Bonchev–Trinajstić information content (AvgIpc) is 2.58. The van der Waals surface area contributed by atoms with Crippen LogP contribution in [0.4, 0.5) is 22.7 Å². The standard InChI is InChI=1S/C17H19ClN4O2/c1-3-4-11-21(2)14-7-5-13(6-8-14)19-20-17-10-9-15(22(23)24)12-16(17)18/h5-10,12H,3-4,11H2,1-2H3. The highest BCUT2D eigenvalue weighted by molar-refractivity contribution is 6.33. The topological polar surface area (TPSA) is 71.1 Å². The molecule has 126 valence electrons. The second kappa shape index (κ2) is 8.40. The van der Waals surface area contributed by atoms with Crippen molar-refractivity contribution < 1.29 is 4.92 Å². The van der Waals surface area contributed by atoms with Crippen LogP contribution in [0, 0.1) is 10.1 Å². The van der Waals surface area contributed by atoms with Gasteiger partial charge in [-0.25, -0.2) is 0 Å². The molecule has 7 heteroatoms. The fourth-order valence-electron chi connectivity index (χ4n) is 2.10. The maximum absolute atomic E-state index is 10.7. The number of non-ortho nitro benzene ring substituents is 1. The molecule has 24 heavy (non-hydrogen) atoms. The van der Waals surface area contributed by atoms with Crippen LogP contribution in [0.5, 0.6) is 0 Å². The summed E-state index contributed by atoms with van der Waals surface area (Å²) in [7, 11) is 2.06. The second-order valence-electron chi connectivity index (χ2n) is 5.38. The molecule has 0 saturated carbocycles. The summed E-state index contributed by atoms with van der Waals surface area (Å²) in [6, 6.07) is 11.8. The Kier molecular flexibility index (Phi) is 6.26. The number of anilines is 1. The van der Waals surface area contributed by atoms with Crippen molar-refractivity contribution in [3.8, 4) is 0 Å². The molecule has 0 fully saturated rings. The molecule has 2 rings (SSSR count). The first-order chi connectivity index (χ1) is 11.5. The van der Waals surface area contributed by atoms with Gasteiger partial charge in [0.15, 0.2) is 0 Å². The van der Waals surface area contributed by atoms with Crippen LogP contribution in [0.2, 0.25) is 5.02 Å². The van der Waals surface area contributed by atoms with Crippen LogP contribution in [0.3, 0.4) is 0 Å². The lowest BCUT2D eigenvalue weighted by Crippen LogP contribution is -2.17. The number of rotatable bonds is 7. The molecule has 2 aromatic carbocycles. The van der Waals surface area contributed by atoms with E-state index in [9.17, 15) is 10.1 Å². The zero-order valence-corrected chi connectivity index (χ0v) is 14.4. The Labute approximate surface area is 145 Å². The molecule has 0 aliphatic carbocycles. The molecule has 0 heterocycles. The Morgan fingerprint density at radius 1 is 1.17 bits per heavy atom. The van der Waals surface area contributed by atoms with Gasteiger partial charge in [-0.2, -0.15) is 5.11 Å². The molecule has 0 spiro atoms. The third-order valence-electron chi connectivity index (χ3n) is 3.55. The quantitative estimate of drug-likeness (QED) is 0.356. The van der Waals surface area contributed by atoms with Crippen molar-refractivity contribution in [3.63, 3.8) is 0 Å². The van der Waals surface area contributed by atoms with Crippen molar-refractivity contribution in [2.24, 2.45) is 10.2 Å². The van der Waals surface area contributed by atoms with Crippen LogP contribution in [-0.4, -0.2) is 18.5 Å². The smallest absolute Gasteiger partial charge is 0.271 e. The number of hydrogen-bond donors (Lipinski definition) is 0. The van der Waals surface area contributed by atoms with Crippen molar-refractivity contribution in [1.82, 2.24) is 0 Å². The molecule has 0 aromatic heterocycles. The third-order valence-corrected chi connectivity index (χ3v) is 3.86. The Hall–Kier alpha value is -2.47. The summed E-state index contributed by atoms with van der Waals surface area (Å²) in [6.07, 6.45) is 2.31. The van der Waals surface area contributed by atoms with E-state index >= 15 is 0 Å². The summed E-state index contributed by atoms with van der Waals surface area (Å²) in [4.78, 5) is 12.4. The highest BCUT2D eigenvalue weighted by atomic mass is 35.5. The SMILES string of the molecule is CCCCN(C)c1ccc(N=Nc2ccc([N+](=O)[O-])cc2Cl)cc1. The van der Waals surface area contributed by atoms with Crippen LogP contribution in [0.25, 0.3) is 0 Å². The number of hydrogen-bond acceptors (Lipinski definition) is 5. The van der Waals surface area contributed by atoms with Gasteiger partial charge < -0.3 is 4.90 Å². The van der Waals surface area contributed by atoms with Gasteiger partial charge >= 0.3 is 0 Å². The largest absolute Gasteiger partial charge is 0.375 e. The van der Waals surface area contributed by atoms with Crippen molar-refractivity contribution in [3.05, 3.63) is 57.6 Å². The molecule has 0 atom stereocenters. The molecule has 0 bridgehead atoms. The van der Waals surface area contributed by atoms with Crippen molar-refractivity contribution >= 4 is 34.4 Å². The monoisotopic (exact) mass is 346 g/mol. The van der Waals surface area contributed by atoms with Gasteiger partial charge in [-0.15, -0.1) is 5.11 Å². The number of unbranched alkanes of at least 4 members (excludes halogenated alkanes) is 1. The first-order valence-corrected chi connectivity index (χ1v) is 8.06. The fourth-order valence-corrected chi connectivity index (χ4v) is 2.31. The van der Waals surface area contributed by atoms with Crippen LogP contribution >= 0.6 is 11.6 Å². The molecule has 0 unspecified atom stereocenters. The maximum atomic E-state index is 10.7. The molecular weight excluding hydrogens is 328 g/mol. The highest BCUT2D eigenvalue weighted by Crippen LogP contribution is 2.30. The van der Waals surface area contributed by atoms with Crippen molar-refractivity contribution in [1.29, 1.82) is 0 Å². The van der Waals surface area contributed by atoms with E-state index in [-0.39, 0.29) is 10.7 Å². The lowest BCUT2D eigenvalue weighted by atomic mass is 10.2. The summed E-state index contributed by atoms with van der Waals surface area (Å²) in [6.45, 7) is 3.18. The van der Waals surface area contributed by atoms with E-state index in [0.29, 0.717) is 11.4 Å². The molecule has 0 aliphatic rings. The first-order valence-electron chi connectivity index (χ1n) is 7.68. The minimum Gasteiger partial charge on any atom is -0.375 e. The summed E-state index contributed by atoms with van der Waals surface area (Å²) >= 11 is 5.99. The van der Waals surface area contributed by atoms with Crippen molar-refractivity contribution in [2.45, 2.75) is 19.8 Å². The summed E-state index contributed by atoms with van der Waals surface area (Å²) in [5.41, 5.74) is 2.14. The number of nitro groups is 1. The van der Waals surface area contributed by atoms with E-state index in [0.717, 1.165) is 25.1 Å². The molecule has 2 aromatic rings. The summed E-state index contributed by atoms with van der Waals surface area (Å²) in [5.74, 6) is 0. The van der Waals surface area contributed by atoms with E-state index in [1.807, 2.05) is 24.3 Å². The second-order valence-corrected chi connectivity index (χ2v) is 5.79. The lowest BCUT2D eigenvalue weighted by Gasteiger charge is -2.18. The molecular formula is C17H19ClN4O2. The number of benzene rings is 2. The Morgan fingerprint density at radius 2 is 1.88 bits per heavy atom. The molecule has 6 nitrogen and oxygen atoms in total. The first kappa shape index (κ1) is 17.9. The fraction of sp³-hybridized carbons (Fsp3) is 0.294. The van der Waals surface area contributed by atoms with E-state index in [2.05, 4.69) is 29.1 Å². The molecule has 0 amide bonds. The van der Waals surface area contributed by atoms with Gasteiger partial charge in [-0.3, -0.25) is 10.1 Å². The molecule has 0 radical (unpaired) electrons. The minimum absolute atomic E-state index is 0.0709. The van der Waals surface area contributed by atoms with E-state index in [1.165, 1.54) is 18.2 Å².